The molecule has 1 atom stereocenters. The van der Waals surface area contributed by atoms with Gasteiger partial charge in [-0.2, -0.15) is 0 Å². The van der Waals surface area contributed by atoms with Crippen molar-refractivity contribution >= 4 is 27.3 Å². The second-order valence-electron chi connectivity index (χ2n) is 5.38. The van der Waals surface area contributed by atoms with Gasteiger partial charge in [0.05, 0.1) is 3.79 Å². The van der Waals surface area contributed by atoms with Crippen LogP contribution in [0.15, 0.2) is 15.9 Å². The van der Waals surface area contributed by atoms with Gasteiger partial charge in [-0.05, 0) is 79.8 Å². The molecule has 108 valence electrons. The standard InChI is InChI=1S/C15H25BrN2S/c1-2-10-18-11-3-4-13(8-12-18)17-9-7-14-5-6-15(16)19-14/h5-6,13,17H,2-4,7-12H2,1H3. The summed E-state index contributed by atoms with van der Waals surface area (Å²) in [5.74, 6) is 0. The molecule has 4 heteroatoms. The van der Waals surface area contributed by atoms with E-state index in [4.69, 9.17) is 0 Å². The van der Waals surface area contributed by atoms with E-state index in [-0.39, 0.29) is 0 Å². The van der Waals surface area contributed by atoms with Crippen molar-refractivity contribution in [3.8, 4) is 0 Å². The molecule has 1 fully saturated rings. The van der Waals surface area contributed by atoms with E-state index in [0.717, 1.165) is 19.0 Å². The number of rotatable bonds is 6. The molecule has 0 saturated carbocycles. The van der Waals surface area contributed by atoms with E-state index in [9.17, 15) is 0 Å². The van der Waals surface area contributed by atoms with Crippen LogP contribution in [0.4, 0.5) is 0 Å². The zero-order valence-electron chi connectivity index (χ0n) is 11.8. The van der Waals surface area contributed by atoms with Crippen molar-refractivity contribution in [2.75, 3.05) is 26.2 Å². The van der Waals surface area contributed by atoms with Gasteiger partial charge in [-0.15, -0.1) is 11.3 Å². The Morgan fingerprint density at radius 1 is 1.37 bits per heavy atom. The average molecular weight is 345 g/mol. The average Bonchev–Trinajstić information content (AvgIpc) is 2.67. The first-order valence-corrected chi connectivity index (χ1v) is 9.09. The molecule has 1 N–H and O–H groups in total. The predicted molar refractivity (Wildman–Crippen MR) is 88.1 cm³/mol. The van der Waals surface area contributed by atoms with Crippen molar-refractivity contribution in [1.29, 1.82) is 0 Å². The van der Waals surface area contributed by atoms with Crippen molar-refractivity contribution in [3.05, 3.63) is 20.8 Å². The maximum Gasteiger partial charge on any atom is 0.0701 e. The van der Waals surface area contributed by atoms with Crippen LogP contribution in [-0.4, -0.2) is 37.1 Å². The van der Waals surface area contributed by atoms with Crippen LogP contribution in [0, 0.1) is 0 Å². The van der Waals surface area contributed by atoms with Gasteiger partial charge in [0.15, 0.2) is 0 Å². The zero-order valence-corrected chi connectivity index (χ0v) is 14.2. The summed E-state index contributed by atoms with van der Waals surface area (Å²) in [6, 6.07) is 5.10. The monoisotopic (exact) mass is 344 g/mol. The lowest BCUT2D eigenvalue weighted by atomic mass is 10.1. The van der Waals surface area contributed by atoms with Crippen LogP contribution >= 0.6 is 27.3 Å². The third-order valence-corrected chi connectivity index (χ3v) is 5.48. The molecule has 1 aliphatic heterocycles. The van der Waals surface area contributed by atoms with Gasteiger partial charge < -0.3 is 10.2 Å². The highest BCUT2D eigenvalue weighted by Crippen LogP contribution is 2.22. The maximum absolute atomic E-state index is 3.75. The van der Waals surface area contributed by atoms with Crippen LogP contribution in [0.2, 0.25) is 0 Å². The molecule has 2 rings (SSSR count). The van der Waals surface area contributed by atoms with Gasteiger partial charge in [0.2, 0.25) is 0 Å². The lowest BCUT2D eigenvalue weighted by Crippen LogP contribution is -2.32. The van der Waals surface area contributed by atoms with E-state index in [2.05, 4.69) is 45.2 Å². The minimum Gasteiger partial charge on any atom is -0.314 e. The first-order chi connectivity index (χ1) is 9.28. The fourth-order valence-electron chi connectivity index (χ4n) is 2.79. The van der Waals surface area contributed by atoms with Crippen molar-refractivity contribution in [2.45, 2.75) is 45.1 Å². The Morgan fingerprint density at radius 3 is 3.00 bits per heavy atom. The maximum atomic E-state index is 3.75. The normalized spacial score (nSPS) is 21.5. The predicted octanol–water partition coefficient (Wildman–Crippen LogP) is 3.91. The van der Waals surface area contributed by atoms with Gasteiger partial charge in [0, 0.05) is 17.5 Å². The van der Waals surface area contributed by atoms with Crippen LogP contribution in [0.1, 0.15) is 37.5 Å². The van der Waals surface area contributed by atoms with Gasteiger partial charge >= 0.3 is 0 Å². The lowest BCUT2D eigenvalue weighted by Gasteiger charge is -2.19. The minimum atomic E-state index is 0.727. The Kier molecular flexibility index (Phi) is 6.85. The van der Waals surface area contributed by atoms with Gasteiger partial charge in [-0.1, -0.05) is 6.92 Å². The minimum absolute atomic E-state index is 0.727. The first kappa shape index (κ1) is 15.5. The molecule has 0 amide bonds. The van der Waals surface area contributed by atoms with Gasteiger partial charge in [-0.3, -0.25) is 0 Å². The molecular weight excluding hydrogens is 320 g/mol. The number of likely N-dealkylation sites (tertiary alicyclic amines) is 1. The Balaban J connectivity index is 1.65. The highest BCUT2D eigenvalue weighted by atomic mass is 79.9. The molecule has 2 heterocycles. The molecule has 0 aliphatic carbocycles. The third kappa shape index (κ3) is 5.54. The molecular formula is C15H25BrN2S. The van der Waals surface area contributed by atoms with Crippen molar-refractivity contribution < 1.29 is 0 Å². The molecule has 0 aromatic carbocycles. The Bertz CT molecular complexity index is 367. The molecule has 1 aliphatic rings. The summed E-state index contributed by atoms with van der Waals surface area (Å²) in [6.07, 6.45) is 6.45. The fraction of sp³-hybridized carbons (Fsp3) is 0.733. The number of nitrogens with zero attached hydrogens (tertiary/aromatic N) is 1. The van der Waals surface area contributed by atoms with Crippen LogP contribution in [0.5, 0.6) is 0 Å². The second kappa shape index (κ2) is 8.40. The number of halogens is 1. The number of thiophene rings is 1. The van der Waals surface area contributed by atoms with E-state index in [1.54, 1.807) is 0 Å². The van der Waals surface area contributed by atoms with Gasteiger partial charge in [-0.25, -0.2) is 0 Å². The molecule has 2 nitrogen and oxygen atoms in total. The zero-order chi connectivity index (χ0) is 13.5. The van der Waals surface area contributed by atoms with E-state index in [1.165, 1.54) is 54.0 Å². The number of hydrogen-bond acceptors (Lipinski definition) is 3. The smallest absolute Gasteiger partial charge is 0.0701 e. The van der Waals surface area contributed by atoms with E-state index in [0.29, 0.717) is 0 Å². The van der Waals surface area contributed by atoms with Crippen LogP contribution < -0.4 is 5.32 Å². The SMILES string of the molecule is CCCN1CCCC(NCCc2ccc(Br)s2)CC1. The highest BCUT2D eigenvalue weighted by Gasteiger charge is 2.15. The molecule has 1 aromatic heterocycles. The second-order valence-corrected chi connectivity index (χ2v) is 7.93. The fourth-order valence-corrected chi connectivity index (χ4v) is 4.27. The Hall–Kier alpha value is 0.1000. The summed E-state index contributed by atoms with van der Waals surface area (Å²) in [5.41, 5.74) is 0. The molecule has 1 unspecified atom stereocenters. The first-order valence-electron chi connectivity index (χ1n) is 7.48. The third-order valence-electron chi connectivity index (χ3n) is 3.79. The molecule has 19 heavy (non-hydrogen) atoms. The number of nitrogens with one attached hydrogen (secondary N) is 1. The summed E-state index contributed by atoms with van der Waals surface area (Å²) >= 11 is 5.38. The van der Waals surface area contributed by atoms with Crippen molar-refractivity contribution in [1.82, 2.24) is 10.2 Å². The van der Waals surface area contributed by atoms with Crippen LogP contribution in [0.3, 0.4) is 0 Å². The Morgan fingerprint density at radius 2 is 2.26 bits per heavy atom. The molecule has 0 spiro atoms. The lowest BCUT2D eigenvalue weighted by molar-refractivity contribution is 0.283. The van der Waals surface area contributed by atoms with Crippen molar-refractivity contribution in [3.63, 3.8) is 0 Å². The van der Waals surface area contributed by atoms with Crippen LogP contribution in [0.25, 0.3) is 0 Å². The molecule has 0 bridgehead atoms. The summed E-state index contributed by atoms with van der Waals surface area (Å²) in [6.45, 7) is 7.24. The van der Waals surface area contributed by atoms with Gasteiger partial charge in [0.25, 0.3) is 0 Å². The molecule has 0 radical (unpaired) electrons. The van der Waals surface area contributed by atoms with E-state index >= 15 is 0 Å². The summed E-state index contributed by atoms with van der Waals surface area (Å²) < 4.78 is 1.24. The summed E-state index contributed by atoms with van der Waals surface area (Å²) in [7, 11) is 0. The Labute approximate surface area is 129 Å². The van der Waals surface area contributed by atoms with E-state index in [1.807, 2.05) is 11.3 Å². The summed E-state index contributed by atoms with van der Waals surface area (Å²) in [4.78, 5) is 4.10. The highest BCUT2D eigenvalue weighted by molar-refractivity contribution is 9.11. The largest absolute Gasteiger partial charge is 0.314 e. The van der Waals surface area contributed by atoms with Gasteiger partial charge in [0.1, 0.15) is 0 Å². The number of hydrogen-bond donors (Lipinski definition) is 1. The summed E-state index contributed by atoms with van der Waals surface area (Å²) in [5, 5.41) is 3.75. The topological polar surface area (TPSA) is 15.3 Å². The molecule has 1 saturated heterocycles. The quantitative estimate of drug-likeness (QED) is 0.841. The molecule has 1 aromatic rings. The van der Waals surface area contributed by atoms with Crippen LogP contribution in [-0.2, 0) is 6.42 Å². The van der Waals surface area contributed by atoms with E-state index < -0.39 is 0 Å². The van der Waals surface area contributed by atoms with Crippen molar-refractivity contribution in [2.24, 2.45) is 0 Å².